The minimum absolute atomic E-state index is 0. The third kappa shape index (κ3) is 10.6. The summed E-state index contributed by atoms with van der Waals surface area (Å²) in [6.45, 7) is 11.3. The summed E-state index contributed by atoms with van der Waals surface area (Å²) in [7, 11) is -2.12. The normalized spacial score (nSPS) is 18.6. The van der Waals surface area contributed by atoms with Gasteiger partial charge in [0.15, 0.2) is 19.9 Å². The Kier molecular flexibility index (Phi) is 14.6. The van der Waals surface area contributed by atoms with Crippen molar-refractivity contribution in [3.8, 4) is 0 Å². The summed E-state index contributed by atoms with van der Waals surface area (Å²) in [5.41, 5.74) is 3.53. The average Bonchev–Trinajstić information content (AvgIpc) is 4.07. The Bertz CT molecular complexity index is 2590. The van der Waals surface area contributed by atoms with Crippen LogP contribution in [0.5, 0.6) is 0 Å². The molecule has 4 heterocycles. The van der Waals surface area contributed by atoms with E-state index in [9.17, 15) is 33.1 Å². The zero-order chi connectivity index (χ0) is 45.1. The van der Waals surface area contributed by atoms with Gasteiger partial charge in [-0.05, 0) is 65.7 Å². The number of ketones is 2. The molecule has 0 spiro atoms. The highest BCUT2D eigenvalue weighted by atomic mass is 28.4. The first-order valence-corrected chi connectivity index (χ1v) is 23.8. The number of hydrogen-bond donors (Lipinski definition) is 3. The van der Waals surface area contributed by atoms with Gasteiger partial charge in [0.25, 0.3) is 0 Å². The molecule has 8 rings (SSSR count). The summed E-state index contributed by atoms with van der Waals surface area (Å²) >= 11 is 0. The van der Waals surface area contributed by atoms with Crippen LogP contribution < -0.4 is 0 Å². The van der Waals surface area contributed by atoms with Crippen molar-refractivity contribution in [2.75, 3.05) is 13.1 Å². The molecule has 0 unspecified atom stereocenters. The molecule has 4 atom stereocenters. The van der Waals surface area contributed by atoms with Crippen LogP contribution in [0.3, 0.4) is 0 Å². The van der Waals surface area contributed by atoms with Crippen molar-refractivity contribution in [2.24, 2.45) is 0 Å². The molecule has 2 saturated heterocycles. The molecule has 0 aliphatic carbocycles. The summed E-state index contributed by atoms with van der Waals surface area (Å²) in [5, 5.41) is 11.2. The number of carbonyl (C=O) groups is 4. The highest BCUT2D eigenvalue weighted by Gasteiger charge is 2.46. The molecule has 4 aromatic carbocycles. The molecule has 64 heavy (non-hydrogen) atoms. The number of halogens is 2. The number of aromatic amines is 2. The van der Waals surface area contributed by atoms with Gasteiger partial charge in [-0.1, -0.05) is 88.9 Å². The minimum atomic E-state index is -2.12. The number of fused-ring (bicyclic) bond motifs is 2. The highest BCUT2D eigenvalue weighted by molar-refractivity contribution is 6.74. The maximum Gasteiger partial charge on any atom is 0.410 e. The zero-order valence-electron chi connectivity index (χ0n) is 35.9. The third-order valence-electron chi connectivity index (χ3n) is 12.1. The first-order valence-electron chi connectivity index (χ1n) is 20.9. The van der Waals surface area contributed by atoms with Gasteiger partial charge >= 0.3 is 12.2 Å². The van der Waals surface area contributed by atoms with Crippen LogP contribution in [0.1, 0.15) is 72.9 Å². The molecule has 2 aromatic heterocycles. The predicted octanol–water partition coefficient (Wildman–Crippen LogP) is 10.2. The number of ether oxygens (including phenoxy) is 2. The maximum absolute atomic E-state index is 13.7. The molecule has 0 saturated carbocycles. The average molecular weight is 895 g/mol. The summed E-state index contributed by atoms with van der Waals surface area (Å²) < 4.78 is 44.5. The molecule has 6 aromatic rings. The Balaban J connectivity index is 0.000000214. The van der Waals surface area contributed by atoms with Gasteiger partial charge in [-0.3, -0.25) is 19.4 Å². The number of likely N-dealkylation sites (tertiary alicyclic amines) is 2. The quantitative estimate of drug-likeness (QED) is 0.0907. The Morgan fingerprint density at radius 3 is 1.58 bits per heavy atom. The molecule has 2 amide bonds. The lowest BCUT2D eigenvalue weighted by molar-refractivity contribution is 0.0730. The number of rotatable bonds is 10. The first kappa shape index (κ1) is 47.3. The van der Waals surface area contributed by atoms with E-state index in [1.165, 1.54) is 46.3 Å². The van der Waals surface area contributed by atoms with Gasteiger partial charge in [0.05, 0.1) is 18.8 Å². The van der Waals surface area contributed by atoms with Crippen LogP contribution >= 0.6 is 0 Å². The minimum Gasteiger partial charge on any atom is -0.445 e. The maximum atomic E-state index is 13.7. The molecule has 12 nitrogen and oxygen atoms in total. The Hall–Kier alpha value is -6.16. The van der Waals surface area contributed by atoms with Crippen LogP contribution in [0, 0.1) is 11.6 Å². The van der Waals surface area contributed by atoms with Crippen molar-refractivity contribution < 1.29 is 47.0 Å². The van der Waals surface area contributed by atoms with Crippen LogP contribution in [0.4, 0.5) is 18.4 Å². The number of aromatic nitrogens is 2. The van der Waals surface area contributed by atoms with Gasteiger partial charge < -0.3 is 29.0 Å². The molecular formula is C49H56F2N4O8Si. The van der Waals surface area contributed by atoms with Gasteiger partial charge in [0, 0.05) is 64.7 Å². The Morgan fingerprint density at radius 2 is 1.12 bits per heavy atom. The molecule has 0 radical (unpaired) electrons. The first-order chi connectivity index (χ1) is 30.0. The second kappa shape index (κ2) is 19.7. The third-order valence-corrected chi connectivity index (χ3v) is 16.6. The van der Waals surface area contributed by atoms with E-state index in [1.807, 2.05) is 60.7 Å². The molecule has 0 bridgehead atoms. The molecule has 3 N–H and O–H groups in total. The molecule has 15 heteroatoms. The number of aliphatic hydroxyl groups excluding tert-OH is 1. The standard InChI is InChI=1S/C27H33FN2O4Si.C21H19FN2O4.CH4/c1-27(2,3)35(4,5)34-20-14-24(25(31)22-15-29-23-13-19(28)11-12-21(22)23)30(16-20)26(32)33-17-18-9-7-6-8-10-18;22-14-6-7-16-17(10-23-18(16)8-14)20(26)19-9-15(25)11-24(19)21(27)28-12-13-4-2-1-3-5-13;/h6-13,15,20,24,29H,14,16-17H2,1-5H3;1-8,10,15,19,23,25H,9,11-12H2;1H4/t20-,24+;15-,19+;/m11./s1. The van der Waals surface area contributed by atoms with E-state index in [4.69, 9.17) is 13.9 Å². The van der Waals surface area contributed by atoms with Crippen molar-refractivity contribution >= 4 is 53.9 Å². The molecule has 2 aliphatic heterocycles. The lowest BCUT2D eigenvalue weighted by atomic mass is 10.0. The second-order valence-corrected chi connectivity index (χ2v) is 22.3. The van der Waals surface area contributed by atoms with E-state index in [1.54, 1.807) is 12.3 Å². The van der Waals surface area contributed by atoms with Gasteiger partial charge in [-0.2, -0.15) is 0 Å². The van der Waals surface area contributed by atoms with Crippen LogP contribution in [0.2, 0.25) is 18.1 Å². The van der Waals surface area contributed by atoms with E-state index < -0.39 is 44.5 Å². The number of amides is 2. The number of carbonyl (C=O) groups excluding carboxylic acids is 4. The number of β-amino-alcohol motifs (C(OH)–C–C–N with tert-alkyl or cyclic N) is 1. The second-order valence-electron chi connectivity index (χ2n) is 17.6. The molecule has 2 aliphatic rings. The smallest absolute Gasteiger partial charge is 0.410 e. The number of H-pyrrole nitrogens is 2. The van der Waals surface area contributed by atoms with Crippen LogP contribution in [-0.2, 0) is 27.1 Å². The van der Waals surface area contributed by atoms with Crippen LogP contribution in [0.15, 0.2) is 109 Å². The van der Waals surface area contributed by atoms with Gasteiger partial charge in [-0.15, -0.1) is 0 Å². The fourth-order valence-corrected chi connectivity index (χ4v) is 9.12. The van der Waals surface area contributed by atoms with Crippen molar-refractivity contribution in [2.45, 2.75) is 96.7 Å². The SMILES string of the molecule is C.CC(C)(C)[Si](C)(C)O[C@@H]1C[C@@H](C(=O)c2c[nH]c3cc(F)ccc23)N(C(=O)OCc2ccccc2)C1.O=C(c1c[nH]c2cc(F)ccc12)[C@@H]1C[C@@H](O)CN1C(=O)OCc1ccccc1. The van der Waals surface area contributed by atoms with E-state index in [0.29, 0.717) is 39.4 Å². The number of hydrogen-bond acceptors (Lipinski definition) is 8. The number of Topliss-reactive ketones (excluding diaryl/α,β-unsaturated/α-hetero) is 2. The van der Waals surface area contributed by atoms with Crippen LogP contribution in [-0.4, -0.2) is 94.3 Å². The summed E-state index contributed by atoms with van der Waals surface area (Å²) in [5.74, 6) is -1.31. The number of nitrogens with zero attached hydrogens (tertiary/aromatic N) is 2. The summed E-state index contributed by atoms with van der Waals surface area (Å²) in [6.07, 6.45) is 1.35. The number of nitrogens with one attached hydrogen (secondary N) is 2. The zero-order valence-corrected chi connectivity index (χ0v) is 36.9. The monoisotopic (exact) mass is 894 g/mol. The van der Waals surface area contributed by atoms with Crippen molar-refractivity contribution in [3.63, 3.8) is 0 Å². The summed E-state index contributed by atoms with van der Waals surface area (Å²) in [6, 6.07) is 25.5. The molecular weight excluding hydrogens is 839 g/mol. The van der Waals surface area contributed by atoms with Crippen molar-refractivity contribution in [1.82, 2.24) is 19.8 Å². The van der Waals surface area contributed by atoms with Crippen molar-refractivity contribution in [3.05, 3.63) is 143 Å². The van der Waals surface area contributed by atoms with E-state index >= 15 is 0 Å². The number of aliphatic hydroxyl groups is 1. The van der Waals surface area contributed by atoms with Gasteiger partial charge in [-0.25, -0.2) is 18.4 Å². The van der Waals surface area contributed by atoms with E-state index in [2.05, 4.69) is 43.8 Å². The lowest BCUT2D eigenvalue weighted by Gasteiger charge is -2.38. The Labute approximate surface area is 372 Å². The van der Waals surface area contributed by atoms with E-state index in [0.717, 1.165) is 11.1 Å². The molecule has 338 valence electrons. The number of benzene rings is 4. The fourth-order valence-electron chi connectivity index (χ4n) is 7.76. The lowest BCUT2D eigenvalue weighted by Crippen LogP contribution is -2.45. The Morgan fingerprint density at radius 1 is 0.688 bits per heavy atom. The molecule has 2 fully saturated rings. The predicted molar refractivity (Wildman–Crippen MR) is 243 cm³/mol. The van der Waals surface area contributed by atoms with Crippen molar-refractivity contribution in [1.29, 1.82) is 0 Å². The van der Waals surface area contributed by atoms with Gasteiger partial charge in [0.1, 0.15) is 36.9 Å². The summed E-state index contributed by atoms with van der Waals surface area (Å²) in [4.78, 5) is 61.1. The topological polar surface area (TPSA) is 154 Å². The van der Waals surface area contributed by atoms with Crippen LogP contribution in [0.25, 0.3) is 21.8 Å². The fraction of sp³-hybridized carbons (Fsp3) is 0.347. The van der Waals surface area contributed by atoms with E-state index in [-0.39, 0.29) is 68.7 Å². The largest absolute Gasteiger partial charge is 0.445 e. The highest BCUT2D eigenvalue weighted by Crippen LogP contribution is 2.39. The van der Waals surface area contributed by atoms with Gasteiger partial charge in [0.2, 0.25) is 0 Å².